The number of halogens is 1. The first-order chi connectivity index (χ1) is 12.4. The molecule has 8 nitrogen and oxygen atoms in total. The van der Waals surface area contributed by atoms with E-state index in [-0.39, 0.29) is 17.3 Å². The minimum Gasteiger partial charge on any atom is -0.379 e. The van der Waals surface area contributed by atoms with Crippen molar-refractivity contribution in [3.05, 3.63) is 29.6 Å². The lowest BCUT2D eigenvalue weighted by molar-refractivity contribution is 0.0730. The molecule has 2 N–H and O–H groups in total. The molecule has 1 saturated carbocycles. The fourth-order valence-corrected chi connectivity index (χ4v) is 4.68. The number of morpholine rings is 1. The second-order valence-corrected chi connectivity index (χ2v) is 8.86. The van der Waals surface area contributed by atoms with E-state index < -0.39 is 15.6 Å². The molecule has 1 aromatic heterocycles. The summed E-state index contributed by atoms with van der Waals surface area (Å²) in [4.78, 5) is 4.65. The first kappa shape index (κ1) is 20.2. The van der Waals surface area contributed by atoms with Crippen LogP contribution in [0, 0.1) is 6.92 Å². The minimum absolute atomic E-state index is 0. The second kappa shape index (κ2) is 7.48. The molecule has 1 aliphatic heterocycles. The highest BCUT2D eigenvalue weighted by Gasteiger charge is 2.39. The van der Waals surface area contributed by atoms with Gasteiger partial charge in [0.2, 0.25) is 10.0 Å². The Balaban J connectivity index is 0.00000210. The van der Waals surface area contributed by atoms with E-state index in [1.165, 1.54) is 4.31 Å². The quantitative estimate of drug-likeness (QED) is 0.811. The van der Waals surface area contributed by atoms with Gasteiger partial charge in [-0.25, -0.2) is 8.42 Å². The number of ether oxygens (including phenoxy) is 1. The van der Waals surface area contributed by atoms with Crippen LogP contribution in [0.5, 0.6) is 0 Å². The summed E-state index contributed by atoms with van der Waals surface area (Å²) in [5, 5.41) is 4.02. The molecule has 2 aliphatic rings. The molecule has 0 bridgehead atoms. The van der Waals surface area contributed by atoms with Crippen LogP contribution in [0.3, 0.4) is 0 Å². The van der Waals surface area contributed by atoms with Gasteiger partial charge in [0, 0.05) is 18.7 Å². The van der Waals surface area contributed by atoms with Gasteiger partial charge in [0.05, 0.1) is 23.6 Å². The molecule has 0 atom stereocenters. The summed E-state index contributed by atoms with van der Waals surface area (Å²) in [5.41, 5.74) is 7.20. The van der Waals surface area contributed by atoms with Gasteiger partial charge >= 0.3 is 0 Å². The molecule has 27 heavy (non-hydrogen) atoms. The smallest absolute Gasteiger partial charge is 0.258 e. The summed E-state index contributed by atoms with van der Waals surface area (Å²) in [7, 11) is -3.59. The van der Waals surface area contributed by atoms with Crippen molar-refractivity contribution in [2.75, 3.05) is 26.3 Å². The van der Waals surface area contributed by atoms with Gasteiger partial charge in [-0.15, -0.1) is 12.4 Å². The minimum atomic E-state index is -3.59. The van der Waals surface area contributed by atoms with Crippen LogP contribution in [-0.2, 0) is 20.3 Å². The van der Waals surface area contributed by atoms with Crippen LogP contribution in [0.4, 0.5) is 0 Å². The second-order valence-electron chi connectivity index (χ2n) is 6.93. The average Bonchev–Trinajstić information content (AvgIpc) is 3.11. The molecule has 2 fully saturated rings. The summed E-state index contributed by atoms with van der Waals surface area (Å²) in [6.07, 6.45) is 2.71. The summed E-state index contributed by atoms with van der Waals surface area (Å²) >= 11 is 0. The van der Waals surface area contributed by atoms with Gasteiger partial charge in [-0.05, 0) is 43.9 Å². The molecule has 0 amide bonds. The molecule has 0 spiro atoms. The Kier molecular flexibility index (Phi) is 5.60. The first-order valence-electron chi connectivity index (χ1n) is 8.72. The maximum absolute atomic E-state index is 12.9. The van der Waals surface area contributed by atoms with Crippen molar-refractivity contribution in [3.8, 4) is 11.5 Å². The van der Waals surface area contributed by atoms with Crippen molar-refractivity contribution in [1.29, 1.82) is 0 Å². The van der Waals surface area contributed by atoms with E-state index in [1.807, 2.05) is 6.92 Å². The van der Waals surface area contributed by atoms with E-state index in [1.54, 1.807) is 18.2 Å². The number of hydrogen-bond acceptors (Lipinski definition) is 7. The SMILES string of the molecule is Cc1ccc(S(=O)(=O)N2CCOCC2)cc1-c1nc(C2(N)CCC2)no1.Cl. The van der Waals surface area contributed by atoms with E-state index in [2.05, 4.69) is 10.1 Å². The highest BCUT2D eigenvalue weighted by Crippen LogP contribution is 2.38. The van der Waals surface area contributed by atoms with Crippen molar-refractivity contribution < 1.29 is 17.7 Å². The molecule has 10 heteroatoms. The molecule has 1 aliphatic carbocycles. The van der Waals surface area contributed by atoms with Gasteiger partial charge < -0.3 is 15.0 Å². The van der Waals surface area contributed by atoms with Crippen molar-refractivity contribution in [1.82, 2.24) is 14.4 Å². The van der Waals surface area contributed by atoms with E-state index in [0.717, 1.165) is 24.8 Å². The van der Waals surface area contributed by atoms with Crippen LogP contribution >= 0.6 is 12.4 Å². The molecule has 148 valence electrons. The zero-order valence-corrected chi connectivity index (χ0v) is 16.7. The van der Waals surface area contributed by atoms with Crippen LogP contribution in [0.2, 0.25) is 0 Å². The number of nitrogens with two attached hydrogens (primary N) is 1. The summed E-state index contributed by atoms with van der Waals surface area (Å²) < 4.78 is 37.8. The Morgan fingerprint density at radius 1 is 1.22 bits per heavy atom. The zero-order valence-electron chi connectivity index (χ0n) is 15.1. The molecule has 1 saturated heterocycles. The lowest BCUT2D eigenvalue weighted by Gasteiger charge is -2.34. The van der Waals surface area contributed by atoms with Gasteiger partial charge in [-0.3, -0.25) is 0 Å². The Morgan fingerprint density at radius 2 is 1.93 bits per heavy atom. The predicted molar refractivity (Wildman–Crippen MR) is 101 cm³/mol. The molecule has 2 aromatic rings. The van der Waals surface area contributed by atoms with Crippen LogP contribution in [0.25, 0.3) is 11.5 Å². The number of nitrogens with zero attached hydrogens (tertiary/aromatic N) is 3. The lowest BCUT2D eigenvalue weighted by Crippen LogP contribution is -2.44. The van der Waals surface area contributed by atoms with Crippen molar-refractivity contribution in [3.63, 3.8) is 0 Å². The highest BCUT2D eigenvalue weighted by molar-refractivity contribution is 7.89. The first-order valence-corrected chi connectivity index (χ1v) is 10.2. The van der Waals surface area contributed by atoms with Gasteiger partial charge in [-0.1, -0.05) is 11.2 Å². The average molecular weight is 415 g/mol. The summed E-state index contributed by atoms with van der Waals surface area (Å²) in [6.45, 7) is 3.40. The van der Waals surface area contributed by atoms with Crippen LogP contribution in [-0.4, -0.2) is 49.2 Å². The Bertz CT molecular complexity index is 921. The topological polar surface area (TPSA) is 112 Å². The van der Waals surface area contributed by atoms with Gasteiger partial charge in [0.1, 0.15) is 0 Å². The number of hydrogen-bond donors (Lipinski definition) is 1. The molecule has 4 rings (SSSR count). The highest BCUT2D eigenvalue weighted by atomic mass is 35.5. The largest absolute Gasteiger partial charge is 0.379 e. The number of aryl methyl sites for hydroxylation is 1. The van der Waals surface area contributed by atoms with Crippen molar-refractivity contribution in [2.24, 2.45) is 5.73 Å². The molecular weight excluding hydrogens is 392 g/mol. The van der Waals surface area contributed by atoms with E-state index in [0.29, 0.717) is 43.6 Å². The number of rotatable bonds is 4. The third-order valence-corrected chi connectivity index (χ3v) is 7.06. The Labute approximate surface area is 164 Å². The van der Waals surface area contributed by atoms with Gasteiger partial charge in [0.15, 0.2) is 5.82 Å². The van der Waals surface area contributed by atoms with Crippen LogP contribution in [0.15, 0.2) is 27.6 Å². The third kappa shape index (κ3) is 3.62. The molecule has 2 heterocycles. The van der Waals surface area contributed by atoms with Gasteiger partial charge in [0.25, 0.3) is 5.89 Å². The summed E-state index contributed by atoms with van der Waals surface area (Å²) in [5.74, 6) is 0.785. The number of aromatic nitrogens is 2. The van der Waals surface area contributed by atoms with Crippen molar-refractivity contribution >= 4 is 22.4 Å². The normalized spacial score (nSPS) is 19.9. The zero-order chi connectivity index (χ0) is 18.4. The van der Waals surface area contributed by atoms with E-state index in [9.17, 15) is 8.42 Å². The summed E-state index contributed by atoms with van der Waals surface area (Å²) in [6, 6.07) is 4.97. The van der Waals surface area contributed by atoms with Crippen LogP contribution < -0.4 is 5.73 Å². The molecule has 0 radical (unpaired) electrons. The number of benzene rings is 1. The Morgan fingerprint density at radius 3 is 2.56 bits per heavy atom. The Hall–Kier alpha value is -1.52. The lowest BCUT2D eigenvalue weighted by atomic mass is 9.77. The predicted octanol–water partition coefficient (Wildman–Crippen LogP) is 1.83. The maximum Gasteiger partial charge on any atom is 0.258 e. The maximum atomic E-state index is 12.9. The fourth-order valence-electron chi connectivity index (χ4n) is 3.24. The third-order valence-electron chi connectivity index (χ3n) is 5.16. The monoisotopic (exact) mass is 414 g/mol. The van der Waals surface area contributed by atoms with Crippen molar-refractivity contribution in [2.45, 2.75) is 36.6 Å². The van der Waals surface area contributed by atoms with Gasteiger partial charge in [-0.2, -0.15) is 9.29 Å². The molecule has 1 aromatic carbocycles. The van der Waals surface area contributed by atoms with E-state index >= 15 is 0 Å². The molecule has 0 unspecified atom stereocenters. The molecular formula is C17H23ClN4O4S. The van der Waals surface area contributed by atoms with Crippen LogP contribution in [0.1, 0.15) is 30.7 Å². The fraction of sp³-hybridized carbons (Fsp3) is 0.529. The van der Waals surface area contributed by atoms with E-state index in [4.69, 9.17) is 15.0 Å². The number of sulfonamides is 1. The standard InChI is InChI=1S/C17H22N4O4S.ClH/c1-12-3-4-13(26(22,23)21-7-9-24-10-8-21)11-14(12)15-19-16(20-25-15)17(18)5-2-6-17;/h3-4,11H,2,5-10,18H2,1H3;1H.